The van der Waals surface area contributed by atoms with Crippen molar-refractivity contribution in [3.8, 4) is 0 Å². The topological polar surface area (TPSA) is 75.4 Å². The summed E-state index contributed by atoms with van der Waals surface area (Å²) in [6.07, 6.45) is 4.03. The van der Waals surface area contributed by atoms with Crippen LogP contribution in [0.1, 0.15) is 22.6 Å². The molecular weight excluding hydrogens is 433 g/mol. The predicted octanol–water partition coefficient (Wildman–Crippen LogP) is 4.62. The van der Waals surface area contributed by atoms with Crippen LogP contribution in [0, 0.1) is 5.92 Å². The Bertz CT molecular complexity index is 1040. The second-order valence-corrected chi connectivity index (χ2v) is 8.67. The van der Waals surface area contributed by atoms with Gasteiger partial charge in [0.1, 0.15) is 5.76 Å². The highest BCUT2D eigenvalue weighted by atomic mass is 35.5. The smallest absolute Gasteiger partial charge is 0.231 e. The summed E-state index contributed by atoms with van der Waals surface area (Å²) in [5.74, 6) is 0.0230. The first kappa shape index (κ1) is 19.9. The Balaban J connectivity index is 1.35. The van der Waals surface area contributed by atoms with Gasteiger partial charge in [-0.1, -0.05) is 35.3 Å². The summed E-state index contributed by atoms with van der Waals surface area (Å²) in [7, 11) is 0. The fraction of sp³-hybridized carbons (Fsp3) is 0.250. The minimum absolute atomic E-state index is 0.0584. The van der Waals surface area contributed by atoms with Gasteiger partial charge in [0.05, 0.1) is 28.8 Å². The molecule has 1 fully saturated rings. The average Bonchev–Trinajstić information content (AvgIpc) is 3.43. The number of hydrogen-bond acceptors (Lipinski definition) is 5. The number of likely N-dealkylation sites (tertiary alicyclic amines) is 1. The van der Waals surface area contributed by atoms with Crippen molar-refractivity contribution < 1.29 is 14.0 Å². The Labute approximate surface area is 181 Å². The summed E-state index contributed by atoms with van der Waals surface area (Å²) in [5, 5.41) is 4.35. The highest BCUT2D eigenvalue weighted by molar-refractivity contribution is 7.15. The summed E-state index contributed by atoms with van der Waals surface area (Å²) in [4.78, 5) is 31.7. The lowest BCUT2D eigenvalue weighted by Crippen LogP contribution is -2.27. The lowest BCUT2D eigenvalue weighted by Gasteiger charge is -2.14. The minimum atomic E-state index is -0.410. The van der Waals surface area contributed by atoms with E-state index in [0.717, 1.165) is 10.4 Å². The molecule has 0 radical (unpaired) electrons. The molecule has 150 valence electrons. The molecule has 2 aromatic heterocycles. The van der Waals surface area contributed by atoms with E-state index in [1.807, 2.05) is 18.2 Å². The molecule has 1 aliphatic heterocycles. The standard InChI is InChI=1S/C20H17Cl2N3O3S/c21-16-5-1-3-12(18(16)22)7-15-9-23-20(29-15)24-19(27)13-8-17(26)25(10-13)11-14-4-2-6-28-14/h1-6,9,13H,7-8,10-11H2,(H,23,24,27). The van der Waals surface area contributed by atoms with E-state index in [2.05, 4.69) is 10.3 Å². The molecule has 2 amide bonds. The van der Waals surface area contributed by atoms with Gasteiger partial charge >= 0.3 is 0 Å². The van der Waals surface area contributed by atoms with Gasteiger partial charge in [-0.05, 0) is 23.8 Å². The van der Waals surface area contributed by atoms with Gasteiger partial charge in [0.2, 0.25) is 11.8 Å². The number of carbonyl (C=O) groups excluding carboxylic acids is 2. The van der Waals surface area contributed by atoms with E-state index >= 15 is 0 Å². The zero-order valence-electron chi connectivity index (χ0n) is 15.2. The maximum absolute atomic E-state index is 12.6. The number of nitrogens with one attached hydrogen (secondary N) is 1. The molecule has 0 spiro atoms. The number of amides is 2. The molecule has 0 bridgehead atoms. The van der Waals surface area contributed by atoms with E-state index < -0.39 is 5.92 Å². The zero-order valence-corrected chi connectivity index (χ0v) is 17.6. The molecule has 1 aliphatic rings. The third-order valence-electron chi connectivity index (χ3n) is 4.69. The van der Waals surface area contributed by atoms with E-state index in [9.17, 15) is 9.59 Å². The monoisotopic (exact) mass is 449 g/mol. The molecule has 1 unspecified atom stereocenters. The van der Waals surface area contributed by atoms with Gasteiger partial charge in [-0.3, -0.25) is 9.59 Å². The van der Waals surface area contributed by atoms with Gasteiger partial charge < -0.3 is 14.6 Å². The maximum atomic E-state index is 12.6. The number of benzene rings is 1. The predicted molar refractivity (Wildman–Crippen MR) is 112 cm³/mol. The third-order valence-corrected chi connectivity index (χ3v) is 6.46. The normalized spacial score (nSPS) is 16.4. The van der Waals surface area contributed by atoms with E-state index in [1.165, 1.54) is 11.3 Å². The van der Waals surface area contributed by atoms with Crippen molar-refractivity contribution >= 4 is 51.5 Å². The summed E-state index contributed by atoms with van der Waals surface area (Å²) < 4.78 is 5.28. The number of hydrogen-bond donors (Lipinski definition) is 1. The molecule has 3 aromatic rings. The van der Waals surface area contributed by atoms with Crippen LogP contribution in [0.3, 0.4) is 0 Å². The first-order chi connectivity index (χ1) is 14.0. The second-order valence-electron chi connectivity index (χ2n) is 6.77. The number of carbonyl (C=O) groups is 2. The zero-order chi connectivity index (χ0) is 20.4. The quantitative estimate of drug-likeness (QED) is 0.595. The van der Waals surface area contributed by atoms with Gasteiger partial charge in [-0.25, -0.2) is 4.98 Å². The number of furan rings is 1. The largest absolute Gasteiger partial charge is 0.467 e. The van der Waals surface area contributed by atoms with Crippen molar-refractivity contribution in [3.63, 3.8) is 0 Å². The Morgan fingerprint density at radius 2 is 2.17 bits per heavy atom. The van der Waals surface area contributed by atoms with Crippen molar-refractivity contribution in [2.45, 2.75) is 19.4 Å². The van der Waals surface area contributed by atoms with Crippen LogP contribution in [0.2, 0.25) is 10.0 Å². The number of nitrogens with zero attached hydrogens (tertiary/aromatic N) is 2. The van der Waals surface area contributed by atoms with E-state index in [0.29, 0.717) is 40.4 Å². The van der Waals surface area contributed by atoms with Crippen LogP contribution in [0.25, 0.3) is 0 Å². The fourth-order valence-electron chi connectivity index (χ4n) is 3.22. The van der Waals surface area contributed by atoms with Crippen LogP contribution < -0.4 is 5.32 Å². The Morgan fingerprint density at radius 3 is 2.97 bits per heavy atom. The molecule has 3 heterocycles. The number of thiazole rings is 1. The van der Waals surface area contributed by atoms with Crippen molar-refractivity contribution in [1.82, 2.24) is 9.88 Å². The van der Waals surface area contributed by atoms with Crippen molar-refractivity contribution in [2.24, 2.45) is 5.92 Å². The number of aromatic nitrogens is 1. The van der Waals surface area contributed by atoms with Crippen LogP contribution in [0.15, 0.2) is 47.2 Å². The average molecular weight is 450 g/mol. The number of halogens is 2. The molecule has 0 aliphatic carbocycles. The van der Waals surface area contributed by atoms with E-state index in [-0.39, 0.29) is 18.2 Å². The van der Waals surface area contributed by atoms with Gasteiger partial charge in [-0.2, -0.15) is 0 Å². The summed E-state index contributed by atoms with van der Waals surface area (Å²) in [5.41, 5.74) is 0.899. The Kier molecular flexibility index (Phi) is 5.89. The van der Waals surface area contributed by atoms with Crippen molar-refractivity contribution in [1.29, 1.82) is 0 Å². The highest BCUT2D eigenvalue weighted by Crippen LogP contribution is 2.30. The van der Waals surface area contributed by atoms with Gasteiger partial charge in [0, 0.05) is 30.5 Å². The van der Waals surface area contributed by atoms with Gasteiger partial charge in [-0.15, -0.1) is 11.3 Å². The Morgan fingerprint density at radius 1 is 1.31 bits per heavy atom. The molecule has 4 rings (SSSR count). The third kappa shape index (κ3) is 4.63. The molecule has 9 heteroatoms. The van der Waals surface area contributed by atoms with Crippen molar-refractivity contribution in [2.75, 3.05) is 11.9 Å². The molecule has 0 saturated carbocycles. The lowest BCUT2D eigenvalue weighted by molar-refractivity contribution is -0.128. The summed E-state index contributed by atoms with van der Waals surface area (Å²) in [6, 6.07) is 9.08. The molecule has 1 N–H and O–H groups in total. The summed E-state index contributed by atoms with van der Waals surface area (Å²) >= 11 is 13.7. The molecule has 1 aromatic carbocycles. The Hall–Kier alpha value is -2.35. The van der Waals surface area contributed by atoms with E-state index in [4.69, 9.17) is 27.6 Å². The molecule has 1 saturated heterocycles. The highest BCUT2D eigenvalue weighted by Gasteiger charge is 2.35. The first-order valence-corrected chi connectivity index (χ1v) is 10.6. The lowest BCUT2D eigenvalue weighted by atomic mass is 10.1. The molecule has 29 heavy (non-hydrogen) atoms. The van der Waals surface area contributed by atoms with Crippen LogP contribution >= 0.6 is 34.5 Å². The molecule has 6 nitrogen and oxygen atoms in total. The van der Waals surface area contributed by atoms with Crippen LogP contribution in [-0.4, -0.2) is 28.2 Å². The van der Waals surface area contributed by atoms with E-state index in [1.54, 1.807) is 29.5 Å². The minimum Gasteiger partial charge on any atom is -0.467 e. The second kappa shape index (κ2) is 8.57. The number of anilines is 1. The van der Waals surface area contributed by atoms with Crippen LogP contribution in [-0.2, 0) is 22.6 Å². The first-order valence-electron chi connectivity index (χ1n) is 8.98. The molecule has 1 atom stereocenters. The molecular formula is C20H17Cl2N3O3S. The van der Waals surface area contributed by atoms with Gasteiger partial charge in [0.15, 0.2) is 5.13 Å². The van der Waals surface area contributed by atoms with Crippen LogP contribution in [0.4, 0.5) is 5.13 Å². The van der Waals surface area contributed by atoms with Crippen LogP contribution in [0.5, 0.6) is 0 Å². The maximum Gasteiger partial charge on any atom is 0.231 e. The fourth-order valence-corrected chi connectivity index (χ4v) is 4.44. The summed E-state index contributed by atoms with van der Waals surface area (Å²) in [6.45, 7) is 0.735. The van der Waals surface area contributed by atoms with Gasteiger partial charge in [0.25, 0.3) is 0 Å². The SMILES string of the molecule is O=C(Nc1ncc(Cc2cccc(Cl)c2Cl)s1)C1CC(=O)N(Cc2ccco2)C1. The number of rotatable bonds is 6. The van der Waals surface area contributed by atoms with Crippen molar-refractivity contribution in [3.05, 3.63) is 69.0 Å².